The van der Waals surface area contributed by atoms with Gasteiger partial charge in [-0.2, -0.15) is 8.75 Å². The van der Waals surface area contributed by atoms with Crippen molar-refractivity contribution >= 4 is 29.1 Å². The summed E-state index contributed by atoms with van der Waals surface area (Å²) in [6.07, 6.45) is 5.07. The quantitative estimate of drug-likeness (QED) is 0.866. The van der Waals surface area contributed by atoms with Crippen LogP contribution in [0.4, 0.5) is 5.82 Å². The number of aromatic nitrogens is 2. The van der Waals surface area contributed by atoms with Gasteiger partial charge in [0.15, 0.2) is 11.0 Å². The maximum absolute atomic E-state index is 5.94. The third-order valence-corrected chi connectivity index (χ3v) is 4.42. The first-order chi connectivity index (χ1) is 7.12. The van der Waals surface area contributed by atoms with Gasteiger partial charge in [-0.1, -0.05) is 31.4 Å². The average molecular weight is 246 g/mol. The molecule has 84 valence electrons. The van der Waals surface area contributed by atoms with E-state index in [0.29, 0.717) is 11.1 Å². The Kier molecular flexibility index (Phi) is 3.16. The van der Waals surface area contributed by atoms with Crippen molar-refractivity contribution in [1.29, 1.82) is 0 Å². The lowest BCUT2D eigenvalue weighted by Gasteiger charge is -2.40. The minimum absolute atomic E-state index is 0.123. The third kappa shape index (κ3) is 2.26. The molecule has 2 atom stereocenters. The molecular weight excluding hydrogens is 230 g/mol. The van der Waals surface area contributed by atoms with E-state index in [-0.39, 0.29) is 5.54 Å². The molecule has 0 spiro atoms. The first-order valence-corrected chi connectivity index (χ1v) is 6.49. The van der Waals surface area contributed by atoms with Gasteiger partial charge in [0.2, 0.25) is 0 Å². The molecule has 1 aromatic heterocycles. The van der Waals surface area contributed by atoms with Crippen LogP contribution in [0.3, 0.4) is 0 Å². The van der Waals surface area contributed by atoms with Crippen molar-refractivity contribution in [3.05, 3.63) is 5.15 Å². The van der Waals surface area contributed by atoms with Crippen LogP contribution < -0.4 is 5.32 Å². The molecule has 2 unspecified atom stereocenters. The molecule has 0 aromatic carbocycles. The molecule has 3 nitrogen and oxygen atoms in total. The van der Waals surface area contributed by atoms with Crippen LogP contribution in [0.2, 0.25) is 5.15 Å². The Morgan fingerprint density at radius 1 is 1.47 bits per heavy atom. The highest BCUT2D eigenvalue weighted by molar-refractivity contribution is 6.99. The molecule has 2 rings (SSSR count). The van der Waals surface area contributed by atoms with E-state index in [2.05, 4.69) is 27.9 Å². The third-order valence-electron chi connectivity index (χ3n) is 3.52. The topological polar surface area (TPSA) is 37.8 Å². The molecule has 5 heteroatoms. The van der Waals surface area contributed by atoms with Crippen molar-refractivity contribution in [3.63, 3.8) is 0 Å². The van der Waals surface area contributed by atoms with E-state index in [4.69, 9.17) is 11.6 Å². The smallest absolute Gasteiger partial charge is 0.186 e. The van der Waals surface area contributed by atoms with Gasteiger partial charge in [-0.25, -0.2) is 0 Å². The molecule has 1 aromatic rings. The van der Waals surface area contributed by atoms with Crippen LogP contribution >= 0.6 is 23.3 Å². The van der Waals surface area contributed by atoms with Crippen molar-refractivity contribution < 1.29 is 0 Å². The summed E-state index contributed by atoms with van der Waals surface area (Å²) in [7, 11) is 0. The van der Waals surface area contributed by atoms with Crippen LogP contribution in [-0.2, 0) is 0 Å². The minimum Gasteiger partial charge on any atom is -0.361 e. The van der Waals surface area contributed by atoms with Crippen LogP contribution in [0.25, 0.3) is 0 Å². The summed E-state index contributed by atoms with van der Waals surface area (Å²) < 4.78 is 8.15. The fourth-order valence-electron chi connectivity index (χ4n) is 2.22. The van der Waals surface area contributed by atoms with Crippen molar-refractivity contribution in [1.82, 2.24) is 8.75 Å². The Balaban J connectivity index is 2.12. The van der Waals surface area contributed by atoms with Crippen LogP contribution in [0.5, 0.6) is 0 Å². The number of rotatable bonds is 2. The second kappa shape index (κ2) is 4.26. The van der Waals surface area contributed by atoms with Gasteiger partial charge in [-0.05, 0) is 25.7 Å². The Morgan fingerprint density at radius 3 is 2.87 bits per heavy atom. The largest absolute Gasteiger partial charge is 0.361 e. The van der Waals surface area contributed by atoms with Crippen molar-refractivity contribution in [2.24, 2.45) is 5.92 Å². The number of hydrogen-bond acceptors (Lipinski definition) is 4. The van der Waals surface area contributed by atoms with Gasteiger partial charge in [0.25, 0.3) is 0 Å². The SMILES string of the molecule is CC1CCCCC1(C)Nc1nsnc1Cl. The van der Waals surface area contributed by atoms with E-state index >= 15 is 0 Å². The molecule has 0 amide bonds. The van der Waals surface area contributed by atoms with E-state index in [1.54, 1.807) is 0 Å². The highest BCUT2D eigenvalue weighted by atomic mass is 35.5. The number of hydrogen-bond donors (Lipinski definition) is 1. The van der Waals surface area contributed by atoms with Crippen LogP contribution in [0.15, 0.2) is 0 Å². The standard InChI is InChI=1S/C10H16ClN3S/c1-7-5-3-4-6-10(7,2)12-9-8(11)13-15-14-9/h7H,3-6H2,1-2H3,(H,12,14). The summed E-state index contributed by atoms with van der Waals surface area (Å²) in [4.78, 5) is 0. The molecule has 1 aliphatic carbocycles. The summed E-state index contributed by atoms with van der Waals surface area (Å²) >= 11 is 7.10. The Labute approximate surface area is 99.6 Å². The van der Waals surface area contributed by atoms with Crippen LogP contribution in [0.1, 0.15) is 39.5 Å². The van der Waals surface area contributed by atoms with E-state index in [1.807, 2.05) is 0 Å². The lowest BCUT2D eigenvalue weighted by Crippen LogP contribution is -2.43. The summed E-state index contributed by atoms with van der Waals surface area (Å²) in [5.74, 6) is 1.40. The van der Waals surface area contributed by atoms with Crippen LogP contribution in [-0.4, -0.2) is 14.3 Å². The van der Waals surface area contributed by atoms with E-state index in [0.717, 1.165) is 17.5 Å². The summed E-state index contributed by atoms with van der Waals surface area (Å²) in [5, 5.41) is 3.96. The highest BCUT2D eigenvalue weighted by Crippen LogP contribution is 2.36. The Hall–Kier alpha value is -0.350. The second-order valence-electron chi connectivity index (χ2n) is 4.59. The highest BCUT2D eigenvalue weighted by Gasteiger charge is 2.34. The van der Waals surface area contributed by atoms with Gasteiger partial charge in [0.05, 0.1) is 11.7 Å². The van der Waals surface area contributed by atoms with Gasteiger partial charge in [0.1, 0.15) is 0 Å². The van der Waals surface area contributed by atoms with Crippen molar-refractivity contribution in [2.45, 2.75) is 45.1 Å². The van der Waals surface area contributed by atoms with Gasteiger partial charge < -0.3 is 5.32 Å². The van der Waals surface area contributed by atoms with E-state index < -0.39 is 0 Å². The molecule has 1 N–H and O–H groups in total. The number of nitrogens with one attached hydrogen (secondary N) is 1. The first kappa shape index (κ1) is 11.1. The zero-order valence-corrected chi connectivity index (χ0v) is 10.7. The summed E-state index contributed by atoms with van der Waals surface area (Å²) in [5.41, 5.74) is 0.123. The van der Waals surface area contributed by atoms with Gasteiger partial charge in [-0.15, -0.1) is 0 Å². The molecule has 1 aliphatic rings. The van der Waals surface area contributed by atoms with Gasteiger partial charge in [0, 0.05) is 5.54 Å². The van der Waals surface area contributed by atoms with Gasteiger partial charge in [-0.3, -0.25) is 0 Å². The monoisotopic (exact) mass is 245 g/mol. The molecule has 0 radical (unpaired) electrons. The lowest BCUT2D eigenvalue weighted by atomic mass is 9.75. The molecular formula is C10H16ClN3S. The molecule has 1 saturated carbocycles. The normalized spacial score (nSPS) is 31.5. The maximum atomic E-state index is 5.94. The first-order valence-electron chi connectivity index (χ1n) is 5.38. The van der Waals surface area contributed by atoms with Gasteiger partial charge >= 0.3 is 0 Å². The van der Waals surface area contributed by atoms with E-state index in [9.17, 15) is 0 Å². The molecule has 1 heterocycles. The molecule has 0 aliphatic heterocycles. The van der Waals surface area contributed by atoms with E-state index in [1.165, 1.54) is 25.7 Å². The van der Waals surface area contributed by atoms with Crippen LogP contribution in [0, 0.1) is 5.92 Å². The minimum atomic E-state index is 0.123. The molecule has 1 fully saturated rings. The fraction of sp³-hybridized carbons (Fsp3) is 0.800. The molecule has 0 bridgehead atoms. The maximum Gasteiger partial charge on any atom is 0.186 e. The number of nitrogens with zero attached hydrogens (tertiary/aromatic N) is 2. The summed E-state index contributed by atoms with van der Waals surface area (Å²) in [6.45, 7) is 4.55. The molecule has 0 saturated heterocycles. The second-order valence-corrected chi connectivity index (χ2v) is 5.48. The number of anilines is 1. The molecule has 15 heavy (non-hydrogen) atoms. The van der Waals surface area contributed by atoms with Crippen molar-refractivity contribution in [2.75, 3.05) is 5.32 Å². The zero-order chi connectivity index (χ0) is 10.9. The fourth-order valence-corrected chi connectivity index (χ4v) is 2.86. The Bertz CT molecular complexity index is 341. The van der Waals surface area contributed by atoms with Crippen molar-refractivity contribution in [3.8, 4) is 0 Å². The summed E-state index contributed by atoms with van der Waals surface area (Å²) in [6, 6.07) is 0. The zero-order valence-electron chi connectivity index (χ0n) is 9.09. The Morgan fingerprint density at radius 2 is 2.27 bits per heavy atom. The average Bonchev–Trinajstić information content (AvgIpc) is 2.58. The lowest BCUT2D eigenvalue weighted by molar-refractivity contribution is 0.249. The predicted molar refractivity (Wildman–Crippen MR) is 64.6 cm³/mol. The number of halogens is 1. The predicted octanol–water partition coefficient (Wildman–Crippen LogP) is 3.57.